The minimum atomic E-state index is -0.644. The van der Waals surface area contributed by atoms with Crippen molar-refractivity contribution in [2.24, 2.45) is 0 Å². The van der Waals surface area contributed by atoms with Crippen molar-refractivity contribution in [1.82, 2.24) is 19.5 Å². The molecule has 0 spiro atoms. The topological polar surface area (TPSA) is 87.0 Å². The quantitative estimate of drug-likeness (QED) is 0.312. The number of nitrogens with zero attached hydrogens (tertiary/aromatic N) is 4. The molecule has 5 rings (SSSR count). The summed E-state index contributed by atoms with van der Waals surface area (Å²) in [6.45, 7) is 3.55. The van der Waals surface area contributed by atoms with Crippen molar-refractivity contribution in [2.45, 2.75) is 33.1 Å². The van der Waals surface area contributed by atoms with Gasteiger partial charge in [0.15, 0.2) is 23.1 Å². The third kappa shape index (κ3) is 4.09. The highest BCUT2D eigenvalue weighted by Gasteiger charge is 2.21. The maximum atomic E-state index is 12.9. The fraction of sp³-hybridized carbons (Fsp3) is 0.240. The van der Waals surface area contributed by atoms with Crippen molar-refractivity contribution in [2.75, 3.05) is 6.61 Å². The molecule has 0 atom stereocenters. The molecule has 7 nitrogen and oxygen atoms in total. The van der Waals surface area contributed by atoms with Crippen LogP contribution in [0, 0.1) is 13.8 Å². The molecule has 33 heavy (non-hydrogen) atoms. The summed E-state index contributed by atoms with van der Waals surface area (Å²) in [6.07, 6.45) is 6.64. The first kappa shape index (κ1) is 21.2. The van der Waals surface area contributed by atoms with Crippen LogP contribution >= 0.6 is 11.3 Å². The Balaban J connectivity index is 1.29. The van der Waals surface area contributed by atoms with Crippen molar-refractivity contribution in [1.29, 1.82) is 0 Å². The number of ether oxygens (including phenoxy) is 1. The van der Waals surface area contributed by atoms with Crippen LogP contribution in [0.3, 0.4) is 0 Å². The van der Waals surface area contributed by atoms with Crippen LogP contribution in [0.2, 0.25) is 0 Å². The molecule has 1 aromatic carbocycles. The fourth-order valence-electron chi connectivity index (χ4n) is 4.30. The van der Waals surface area contributed by atoms with Crippen molar-refractivity contribution < 1.29 is 14.3 Å². The lowest BCUT2D eigenvalue weighted by molar-refractivity contribution is 0.0469. The van der Waals surface area contributed by atoms with Gasteiger partial charge in [0.2, 0.25) is 5.78 Å². The lowest BCUT2D eigenvalue weighted by Gasteiger charge is -2.12. The Labute approximate surface area is 195 Å². The molecule has 0 amide bonds. The predicted molar refractivity (Wildman–Crippen MR) is 125 cm³/mol. The molecule has 0 radical (unpaired) electrons. The minimum absolute atomic E-state index is 0.138. The lowest BCUT2D eigenvalue weighted by Crippen LogP contribution is -2.15. The summed E-state index contributed by atoms with van der Waals surface area (Å²) >= 11 is 1.25. The number of fused-ring (bicyclic) bond motifs is 1. The molecule has 4 aromatic rings. The van der Waals surface area contributed by atoms with E-state index in [4.69, 9.17) is 4.74 Å². The molecule has 3 heterocycles. The zero-order valence-electron chi connectivity index (χ0n) is 18.4. The normalized spacial score (nSPS) is 12.5. The van der Waals surface area contributed by atoms with Crippen LogP contribution < -0.4 is 0 Å². The molecule has 1 aliphatic rings. The number of hydrogen-bond acceptors (Lipinski definition) is 7. The number of carbonyl (C=O) groups excluding carboxylic acids is 2. The first-order valence-corrected chi connectivity index (χ1v) is 11.6. The number of ketones is 1. The van der Waals surface area contributed by atoms with Gasteiger partial charge in [-0.3, -0.25) is 4.79 Å². The molecule has 0 saturated heterocycles. The number of benzene rings is 1. The van der Waals surface area contributed by atoms with Gasteiger partial charge in [-0.05, 0) is 68.5 Å². The Kier molecular flexibility index (Phi) is 5.60. The predicted octanol–water partition coefficient (Wildman–Crippen LogP) is 4.54. The number of carbonyl (C=O) groups is 2. The molecule has 0 saturated carbocycles. The van der Waals surface area contributed by atoms with Crippen molar-refractivity contribution in [3.05, 3.63) is 81.9 Å². The second kappa shape index (κ2) is 8.71. The van der Waals surface area contributed by atoms with E-state index in [9.17, 15) is 9.59 Å². The minimum Gasteiger partial charge on any atom is -0.453 e. The Morgan fingerprint density at radius 3 is 2.70 bits per heavy atom. The molecular formula is C25H22N4O3S. The van der Waals surface area contributed by atoms with E-state index in [1.54, 1.807) is 23.8 Å². The number of Topliss-reactive ketones (excluding diaryl/α,β-unsaturated/α-hetero) is 1. The van der Waals surface area contributed by atoms with E-state index in [-0.39, 0.29) is 18.1 Å². The highest BCUT2D eigenvalue weighted by Crippen LogP contribution is 2.28. The van der Waals surface area contributed by atoms with Crippen LogP contribution in [-0.4, -0.2) is 37.9 Å². The third-order valence-electron chi connectivity index (χ3n) is 5.88. The molecule has 3 aromatic heterocycles. The van der Waals surface area contributed by atoms with Crippen LogP contribution in [0.4, 0.5) is 0 Å². The number of aromatic nitrogens is 4. The first-order chi connectivity index (χ1) is 16.0. The molecule has 8 heteroatoms. The summed E-state index contributed by atoms with van der Waals surface area (Å²) in [6, 6.07) is 10.1. The summed E-state index contributed by atoms with van der Waals surface area (Å²) in [4.78, 5) is 37.8. The number of hydrogen-bond donors (Lipinski definition) is 0. The second-order valence-corrected chi connectivity index (χ2v) is 8.89. The standard InChI is InChI=1S/C25H22N4O3S/c1-15-11-20(16(2)29(15)19-8-7-17-5-3-6-18(17)12-19)22(30)13-32-25(31)21-14-33-24(28-21)23-26-9-4-10-27-23/h4,7-12,14H,3,5-6,13H2,1-2H3. The summed E-state index contributed by atoms with van der Waals surface area (Å²) in [7, 11) is 0. The average molecular weight is 459 g/mol. The van der Waals surface area contributed by atoms with Crippen molar-refractivity contribution in [3.63, 3.8) is 0 Å². The Morgan fingerprint density at radius 2 is 1.88 bits per heavy atom. The number of esters is 1. The van der Waals surface area contributed by atoms with Crippen LogP contribution in [0.5, 0.6) is 0 Å². The van der Waals surface area contributed by atoms with Gasteiger partial charge >= 0.3 is 5.97 Å². The van der Waals surface area contributed by atoms with Gasteiger partial charge in [0.05, 0.1) is 0 Å². The van der Waals surface area contributed by atoms with Gasteiger partial charge in [-0.2, -0.15) is 0 Å². The fourth-order valence-corrected chi connectivity index (χ4v) is 5.04. The Hall–Kier alpha value is -3.65. The van der Waals surface area contributed by atoms with Crippen LogP contribution in [-0.2, 0) is 17.6 Å². The van der Waals surface area contributed by atoms with Crippen LogP contribution in [0.25, 0.3) is 16.5 Å². The van der Waals surface area contributed by atoms with Crippen LogP contribution in [0.1, 0.15) is 49.8 Å². The number of rotatable bonds is 6. The Bertz CT molecular complexity index is 1360. The molecule has 166 valence electrons. The van der Waals surface area contributed by atoms with E-state index in [0.29, 0.717) is 16.4 Å². The van der Waals surface area contributed by atoms with E-state index in [1.807, 2.05) is 19.9 Å². The number of aryl methyl sites for hydroxylation is 3. The van der Waals surface area contributed by atoms with Gasteiger partial charge in [0.1, 0.15) is 0 Å². The summed E-state index contributed by atoms with van der Waals surface area (Å²) in [5, 5.41) is 2.10. The maximum Gasteiger partial charge on any atom is 0.358 e. The number of thiazole rings is 1. The van der Waals surface area contributed by atoms with Gasteiger partial charge in [-0.1, -0.05) is 6.07 Å². The second-order valence-electron chi connectivity index (χ2n) is 8.04. The summed E-state index contributed by atoms with van der Waals surface area (Å²) < 4.78 is 7.35. The average Bonchev–Trinajstić information content (AvgIpc) is 3.56. The monoisotopic (exact) mass is 458 g/mol. The van der Waals surface area contributed by atoms with Crippen molar-refractivity contribution >= 4 is 23.1 Å². The van der Waals surface area contributed by atoms with Crippen LogP contribution in [0.15, 0.2) is 48.1 Å². The van der Waals surface area contributed by atoms with E-state index in [2.05, 4.69) is 37.7 Å². The largest absolute Gasteiger partial charge is 0.453 e. The first-order valence-electron chi connectivity index (χ1n) is 10.8. The van der Waals surface area contributed by atoms with Gasteiger partial charge in [0, 0.05) is 40.4 Å². The molecule has 0 aliphatic heterocycles. The van der Waals surface area contributed by atoms with E-state index >= 15 is 0 Å². The molecule has 0 bridgehead atoms. The summed E-state index contributed by atoms with van der Waals surface area (Å²) in [5.74, 6) is -0.448. The maximum absolute atomic E-state index is 12.9. The highest BCUT2D eigenvalue weighted by molar-refractivity contribution is 7.13. The molecule has 0 N–H and O–H groups in total. The van der Waals surface area contributed by atoms with Gasteiger partial charge in [0.25, 0.3) is 0 Å². The lowest BCUT2D eigenvalue weighted by atomic mass is 10.1. The third-order valence-corrected chi connectivity index (χ3v) is 6.71. The smallest absolute Gasteiger partial charge is 0.358 e. The molecule has 1 aliphatic carbocycles. The van der Waals surface area contributed by atoms with E-state index < -0.39 is 5.97 Å². The Morgan fingerprint density at radius 1 is 1.09 bits per heavy atom. The van der Waals surface area contributed by atoms with Gasteiger partial charge in [-0.15, -0.1) is 11.3 Å². The van der Waals surface area contributed by atoms with E-state index in [1.165, 1.54) is 28.9 Å². The highest BCUT2D eigenvalue weighted by atomic mass is 32.1. The molecule has 0 unspecified atom stereocenters. The van der Waals surface area contributed by atoms with Crippen molar-refractivity contribution in [3.8, 4) is 16.5 Å². The van der Waals surface area contributed by atoms with Gasteiger partial charge < -0.3 is 9.30 Å². The molecular weight excluding hydrogens is 436 g/mol. The molecule has 0 fully saturated rings. The SMILES string of the molecule is Cc1cc(C(=O)COC(=O)c2csc(-c3ncccn3)n2)c(C)n1-c1ccc2c(c1)CCC2. The van der Waals surface area contributed by atoms with Gasteiger partial charge in [-0.25, -0.2) is 19.7 Å². The zero-order valence-corrected chi connectivity index (χ0v) is 19.2. The summed E-state index contributed by atoms with van der Waals surface area (Å²) in [5.41, 5.74) is 6.34. The van der Waals surface area contributed by atoms with E-state index in [0.717, 1.165) is 29.9 Å². The zero-order chi connectivity index (χ0) is 22.9.